The van der Waals surface area contributed by atoms with Crippen molar-refractivity contribution in [1.82, 2.24) is 3.53 Å². The van der Waals surface area contributed by atoms with E-state index in [0.29, 0.717) is 0 Å². The van der Waals surface area contributed by atoms with Crippen molar-refractivity contribution in [3.05, 3.63) is 0 Å². The van der Waals surface area contributed by atoms with Gasteiger partial charge in [-0.2, -0.15) is 0 Å². The third-order valence-electron chi connectivity index (χ3n) is 2.10. The van der Waals surface area contributed by atoms with E-state index in [-0.39, 0.29) is 6.04 Å². The van der Waals surface area contributed by atoms with E-state index < -0.39 is 14.0 Å². The number of carboxylic acids is 1. The number of aliphatic carboxylic acids is 1. The molecule has 1 unspecified atom stereocenters. The monoisotopic (exact) mass is 329 g/mol. The number of carboxylic acid groups (broad SMARTS) is 1. The van der Waals surface area contributed by atoms with Gasteiger partial charge in [0.1, 0.15) is 6.04 Å². The van der Waals surface area contributed by atoms with Crippen LogP contribution in [0.5, 0.6) is 0 Å². The number of nitrogens with one attached hydrogen (secondary N) is 1. The van der Waals surface area contributed by atoms with Crippen LogP contribution in [0.15, 0.2) is 0 Å². The van der Waals surface area contributed by atoms with Gasteiger partial charge in [0.2, 0.25) is 0 Å². The van der Waals surface area contributed by atoms with Crippen molar-refractivity contribution in [2.24, 2.45) is 0 Å². The molecule has 0 aliphatic carbocycles. The van der Waals surface area contributed by atoms with Crippen molar-refractivity contribution in [3.8, 4) is 0 Å². The molecule has 3 nitrogen and oxygen atoms in total. The number of halogens is 1. The van der Waals surface area contributed by atoms with E-state index in [1.165, 1.54) is 6.04 Å². The fourth-order valence-corrected chi connectivity index (χ4v) is 3.12. The maximum absolute atomic E-state index is 10.7. The minimum atomic E-state index is -0.936. The molecule has 0 bridgehead atoms. The van der Waals surface area contributed by atoms with Crippen molar-refractivity contribution in [1.29, 1.82) is 0 Å². The molecule has 0 aromatic heterocycles. The van der Waals surface area contributed by atoms with E-state index in [0.717, 1.165) is 19.3 Å². The van der Waals surface area contributed by atoms with Crippen LogP contribution in [0.3, 0.4) is 0 Å². The first-order valence-corrected chi connectivity index (χ1v) is 9.74. The molecule has 2 N–H and O–H groups in total. The van der Waals surface area contributed by atoms with Crippen molar-refractivity contribution >= 4 is 36.9 Å². The highest BCUT2D eigenvalue weighted by Crippen LogP contribution is 2.14. The van der Waals surface area contributed by atoms with E-state index >= 15 is 0 Å². The molecule has 84 valence electrons. The summed E-state index contributed by atoms with van der Waals surface area (Å²) in [5.41, 5.74) is 0. The molecule has 0 aliphatic rings. The number of carbonyl (C=O) groups is 1. The van der Waals surface area contributed by atoms with E-state index in [1.807, 2.05) is 22.9 Å². The first-order chi connectivity index (χ1) is 6.37. The summed E-state index contributed by atoms with van der Waals surface area (Å²) >= 11 is 1.91. The molecule has 1 atom stereocenters. The van der Waals surface area contributed by atoms with Gasteiger partial charge in [-0.15, -0.1) is 0 Å². The number of unbranched alkanes of at least 4 members (excludes halogenated alkanes) is 1. The molecule has 0 aromatic rings. The summed E-state index contributed by atoms with van der Waals surface area (Å²) in [6, 6.07) is 0.915. The molecule has 0 radical (unpaired) electrons. The molecule has 0 fully saturated rings. The Hall–Kier alpha value is 0.377. The van der Waals surface area contributed by atoms with Crippen LogP contribution >= 0.6 is 22.9 Å². The third-order valence-corrected chi connectivity index (χ3v) is 4.70. The summed E-state index contributed by atoms with van der Waals surface area (Å²) in [5.74, 6) is -0.743. The van der Waals surface area contributed by atoms with Gasteiger partial charge in [-0.05, 0) is 6.42 Å². The van der Waals surface area contributed by atoms with E-state index in [9.17, 15) is 4.79 Å². The van der Waals surface area contributed by atoms with Crippen LogP contribution in [-0.2, 0) is 4.79 Å². The SMILES string of the molecule is C[Si](C)(C)CCCCC(NI)C(=O)O. The van der Waals surface area contributed by atoms with Gasteiger partial charge < -0.3 is 5.11 Å². The van der Waals surface area contributed by atoms with Gasteiger partial charge in [0.05, 0.1) is 0 Å². The van der Waals surface area contributed by atoms with Gasteiger partial charge in [0, 0.05) is 30.9 Å². The van der Waals surface area contributed by atoms with Crippen LogP contribution < -0.4 is 3.53 Å². The predicted molar refractivity (Wildman–Crippen MR) is 70.6 cm³/mol. The zero-order valence-corrected chi connectivity index (χ0v) is 12.3. The average Bonchev–Trinajstić information content (AvgIpc) is 2.01. The Morgan fingerprint density at radius 2 is 2.00 bits per heavy atom. The Balaban J connectivity index is 3.58. The first kappa shape index (κ1) is 14.4. The lowest BCUT2D eigenvalue weighted by molar-refractivity contribution is -0.138. The van der Waals surface area contributed by atoms with Gasteiger partial charge in [-0.25, -0.2) is 3.53 Å². The maximum atomic E-state index is 10.7. The quantitative estimate of drug-likeness (QED) is 0.327. The van der Waals surface area contributed by atoms with Crippen LogP contribution in [0.1, 0.15) is 19.3 Å². The fourth-order valence-electron chi connectivity index (χ4n) is 1.23. The Labute approximate surface area is 101 Å². The van der Waals surface area contributed by atoms with E-state index in [1.54, 1.807) is 0 Å². The Morgan fingerprint density at radius 3 is 2.36 bits per heavy atom. The molecule has 0 heterocycles. The molecule has 5 heteroatoms. The lowest BCUT2D eigenvalue weighted by atomic mass is 10.1. The molecule has 0 saturated carbocycles. The second-order valence-electron chi connectivity index (χ2n) is 4.81. The highest BCUT2D eigenvalue weighted by molar-refractivity contribution is 14.1. The average molecular weight is 329 g/mol. The van der Waals surface area contributed by atoms with Gasteiger partial charge >= 0.3 is 5.97 Å². The topological polar surface area (TPSA) is 49.3 Å². The summed E-state index contributed by atoms with van der Waals surface area (Å²) in [6.07, 6.45) is 2.91. The highest BCUT2D eigenvalue weighted by Gasteiger charge is 2.16. The smallest absolute Gasteiger partial charge is 0.321 e. The first-order valence-electron chi connectivity index (χ1n) is 4.96. The molecular weight excluding hydrogens is 309 g/mol. The van der Waals surface area contributed by atoms with E-state index in [4.69, 9.17) is 5.11 Å². The van der Waals surface area contributed by atoms with Crippen LogP contribution in [0.2, 0.25) is 25.7 Å². The van der Waals surface area contributed by atoms with Crippen LogP contribution in [-0.4, -0.2) is 25.2 Å². The Kier molecular flexibility index (Phi) is 6.97. The molecular formula is C9H20INO2Si. The molecule has 0 aliphatic heterocycles. The molecule has 0 amide bonds. The van der Waals surface area contributed by atoms with Crippen LogP contribution in [0.4, 0.5) is 0 Å². The van der Waals surface area contributed by atoms with Crippen molar-refractivity contribution in [3.63, 3.8) is 0 Å². The Bertz CT molecular complexity index is 182. The minimum absolute atomic E-state index is 0.378. The predicted octanol–water partition coefficient (Wildman–Crippen LogP) is 2.89. The normalized spacial score (nSPS) is 14.0. The summed E-state index contributed by atoms with van der Waals surface area (Å²) in [5, 5.41) is 8.77. The third kappa shape index (κ3) is 7.75. The fraction of sp³-hybridized carbons (Fsp3) is 0.889. The van der Waals surface area contributed by atoms with Crippen molar-refractivity contribution < 1.29 is 9.90 Å². The summed E-state index contributed by atoms with van der Waals surface area (Å²) in [7, 11) is -0.936. The number of rotatable bonds is 7. The second kappa shape index (κ2) is 6.79. The lowest BCUT2D eigenvalue weighted by Gasteiger charge is -2.16. The molecule has 0 spiro atoms. The van der Waals surface area contributed by atoms with Gasteiger partial charge in [-0.3, -0.25) is 4.79 Å². The lowest BCUT2D eigenvalue weighted by Crippen LogP contribution is -2.30. The number of hydrogen-bond donors (Lipinski definition) is 2. The van der Waals surface area contributed by atoms with Gasteiger partial charge in [0.25, 0.3) is 0 Å². The maximum Gasteiger partial charge on any atom is 0.321 e. The highest BCUT2D eigenvalue weighted by atomic mass is 127. The largest absolute Gasteiger partial charge is 0.480 e. The zero-order chi connectivity index (χ0) is 11.2. The zero-order valence-electron chi connectivity index (χ0n) is 9.14. The standard InChI is InChI=1S/C9H20INO2Si/c1-14(2,3)7-5-4-6-8(11-10)9(12)13/h8,11H,4-7H2,1-3H3,(H,12,13). The van der Waals surface area contributed by atoms with Gasteiger partial charge in [0.15, 0.2) is 0 Å². The second-order valence-corrected chi connectivity index (χ2v) is 11.1. The molecule has 0 saturated heterocycles. The summed E-state index contributed by atoms with van der Waals surface area (Å²) in [6.45, 7) is 7.04. The minimum Gasteiger partial charge on any atom is -0.480 e. The van der Waals surface area contributed by atoms with E-state index in [2.05, 4.69) is 23.2 Å². The molecule has 0 aromatic carbocycles. The van der Waals surface area contributed by atoms with Crippen LogP contribution in [0.25, 0.3) is 0 Å². The van der Waals surface area contributed by atoms with Crippen molar-refractivity contribution in [2.75, 3.05) is 0 Å². The molecule has 14 heavy (non-hydrogen) atoms. The van der Waals surface area contributed by atoms with Gasteiger partial charge in [-0.1, -0.05) is 38.5 Å². The summed E-state index contributed by atoms with van der Waals surface area (Å²) in [4.78, 5) is 10.7. The van der Waals surface area contributed by atoms with Crippen LogP contribution in [0, 0.1) is 0 Å². The van der Waals surface area contributed by atoms with Crippen molar-refractivity contribution in [2.45, 2.75) is 51.0 Å². The molecule has 0 rings (SSSR count). The summed E-state index contributed by atoms with van der Waals surface area (Å²) < 4.78 is 2.78. The Morgan fingerprint density at radius 1 is 1.43 bits per heavy atom. The number of hydrogen-bond acceptors (Lipinski definition) is 2.